The summed E-state index contributed by atoms with van der Waals surface area (Å²) in [6, 6.07) is 6.34. The van der Waals surface area contributed by atoms with Gasteiger partial charge in [-0.25, -0.2) is 0 Å². The first-order chi connectivity index (χ1) is 6.79. The third-order valence-electron chi connectivity index (χ3n) is 2.53. The Kier molecular flexibility index (Phi) is 3.14. The summed E-state index contributed by atoms with van der Waals surface area (Å²) in [4.78, 5) is 0. The quantitative estimate of drug-likeness (QED) is 0.820. The normalized spacial score (nSPS) is 12.9. The minimum Gasteiger partial charge on any atom is -0.320 e. The second-order valence-corrected chi connectivity index (χ2v) is 4.35. The number of aryl methyl sites for hydroxylation is 1. The standard InChI is InChI=1S/C12H17F2N/c1-4-9-5-7-10(8-6-9)12(13,14)11(2,3)15/h5-8H,4,15H2,1-3H3. The molecule has 0 spiro atoms. The molecule has 2 N–H and O–H groups in total. The van der Waals surface area contributed by atoms with Gasteiger partial charge in [0, 0.05) is 5.56 Å². The smallest absolute Gasteiger partial charge is 0.290 e. The van der Waals surface area contributed by atoms with Crippen LogP contribution in [0, 0.1) is 0 Å². The minimum absolute atomic E-state index is 0.0211. The van der Waals surface area contributed by atoms with Crippen LogP contribution < -0.4 is 5.73 Å². The van der Waals surface area contributed by atoms with Gasteiger partial charge in [0.05, 0.1) is 5.54 Å². The van der Waals surface area contributed by atoms with E-state index in [0.717, 1.165) is 12.0 Å². The molecule has 3 heteroatoms. The SMILES string of the molecule is CCc1ccc(C(F)(F)C(C)(C)N)cc1. The van der Waals surface area contributed by atoms with Crippen molar-refractivity contribution in [2.24, 2.45) is 5.73 Å². The molecule has 1 nitrogen and oxygen atoms in total. The van der Waals surface area contributed by atoms with Crippen LogP contribution in [-0.2, 0) is 12.3 Å². The van der Waals surface area contributed by atoms with Crippen molar-refractivity contribution in [3.05, 3.63) is 35.4 Å². The number of hydrogen-bond acceptors (Lipinski definition) is 1. The first-order valence-corrected chi connectivity index (χ1v) is 5.05. The highest BCUT2D eigenvalue weighted by atomic mass is 19.3. The molecule has 0 saturated carbocycles. The Bertz CT molecular complexity index is 322. The van der Waals surface area contributed by atoms with Crippen LogP contribution in [0.5, 0.6) is 0 Å². The van der Waals surface area contributed by atoms with Gasteiger partial charge in [0.1, 0.15) is 0 Å². The Balaban J connectivity index is 3.06. The topological polar surface area (TPSA) is 26.0 Å². The van der Waals surface area contributed by atoms with Crippen molar-refractivity contribution in [3.63, 3.8) is 0 Å². The lowest BCUT2D eigenvalue weighted by atomic mass is 9.90. The van der Waals surface area contributed by atoms with E-state index < -0.39 is 11.5 Å². The number of rotatable bonds is 3. The molecular weight excluding hydrogens is 196 g/mol. The van der Waals surface area contributed by atoms with Gasteiger partial charge in [-0.3, -0.25) is 0 Å². The molecule has 0 saturated heterocycles. The number of nitrogens with two attached hydrogens (primary N) is 1. The predicted octanol–water partition coefficient (Wildman–Crippen LogP) is 3.08. The van der Waals surface area contributed by atoms with E-state index in [2.05, 4.69) is 0 Å². The van der Waals surface area contributed by atoms with E-state index in [1.165, 1.54) is 26.0 Å². The Hall–Kier alpha value is -0.960. The van der Waals surface area contributed by atoms with Gasteiger partial charge in [-0.1, -0.05) is 31.2 Å². The molecule has 0 aliphatic carbocycles. The van der Waals surface area contributed by atoms with Crippen molar-refractivity contribution in [1.29, 1.82) is 0 Å². The van der Waals surface area contributed by atoms with Crippen LogP contribution in [0.2, 0.25) is 0 Å². The summed E-state index contributed by atoms with van der Waals surface area (Å²) in [7, 11) is 0. The van der Waals surface area contributed by atoms with Gasteiger partial charge in [-0.15, -0.1) is 0 Å². The van der Waals surface area contributed by atoms with Crippen molar-refractivity contribution in [2.45, 2.75) is 38.7 Å². The third-order valence-corrected chi connectivity index (χ3v) is 2.53. The zero-order valence-corrected chi connectivity index (χ0v) is 9.35. The average molecular weight is 213 g/mol. The molecule has 0 aliphatic rings. The molecule has 1 aromatic carbocycles. The largest absolute Gasteiger partial charge is 0.320 e. The molecule has 0 atom stereocenters. The molecule has 0 fully saturated rings. The molecule has 1 aromatic rings. The van der Waals surface area contributed by atoms with Gasteiger partial charge in [0.2, 0.25) is 0 Å². The van der Waals surface area contributed by atoms with Gasteiger partial charge in [-0.2, -0.15) is 8.78 Å². The summed E-state index contributed by atoms with van der Waals surface area (Å²) < 4.78 is 27.5. The van der Waals surface area contributed by atoms with Gasteiger partial charge in [0.15, 0.2) is 0 Å². The van der Waals surface area contributed by atoms with E-state index in [-0.39, 0.29) is 5.56 Å². The number of alkyl halides is 2. The molecule has 0 amide bonds. The van der Waals surface area contributed by atoms with Crippen LogP contribution in [0.25, 0.3) is 0 Å². The minimum atomic E-state index is -3.00. The first-order valence-electron chi connectivity index (χ1n) is 5.05. The fourth-order valence-corrected chi connectivity index (χ4v) is 1.32. The van der Waals surface area contributed by atoms with Crippen molar-refractivity contribution < 1.29 is 8.78 Å². The van der Waals surface area contributed by atoms with Gasteiger partial charge in [0.25, 0.3) is 5.92 Å². The van der Waals surface area contributed by atoms with Crippen molar-refractivity contribution in [3.8, 4) is 0 Å². The number of halogens is 2. The summed E-state index contributed by atoms with van der Waals surface area (Å²) in [5.74, 6) is -3.00. The van der Waals surface area contributed by atoms with E-state index in [0.29, 0.717) is 0 Å². The highest BCUT2D eigenvalue weighted by Crippen LogP contribution is 2.36. The summed E-state index contributed by atoms with van der Waals surface area (Å²) >= 11 is 0. The molecule has 0 bridgehead atoms. The van der Waals surface area contributed by atoms with E-state index >= 15 is 0 Å². The molecule has 1 rings (SSSR count). The van der Waals surface area contributed by atoms with Gasteiger partial charge >= 0.3 is 0 Å². The molecule has 0 aliphatic heterocycles. The fraction of sp³-hybridized carbons (Fsp3) is 0.500. The van der Waals surface area contributed by atoms with Crippen molar-refractivity contribution in [1.82, 2.24) is 0 Å². The molecular formula is C12H17F2N. The highest BCUT2D eigenvalue weighted by molar-refractivity contribution is 5.28. The monoisotopic (exact) mass is 213 g/mol. The van der Waals surface area contributed by atoms with Gasteiger partial charge in [-0.05, 0) is 25.8 Å². The first kappa shape index (κ1) is 12.1. The lowest BCUT2D eigenvalue weighted by molar-refractivity contribution is -0.0672. The Morgan fingerprint density at radius 3 is 1.93 bits per heavy atom. The number of hydrogen-bond donors (Lipinski definition) is 1. The van der Waals surface area contributed by atoms with E-state index in [9.17, 15) is 8.78 Å². The van der Waals surface area contributed by atoms with Crippen LogP contribution in [0.3, 0.4) is 0 Å². The molecule has 0 radical (unpaired) electrons. The maximum Gasteiger partial charge on any atom is 0.290 e. The third kappa shape index (κ3) is 2.34. The Morgan fingerprint density at radius 2 is 1.60 bits per heavy atom. The van der Waals surface area contributed by atoms with E-state index in [4.69, 9.17) is 5.73 Å². The Labute approximate surface area is 89.3 Å². The predicted molar refractivity (Wildman–Crippen MR) is 58.0 cm³/mol. The van der Waals surface area contributed by atoms with E-state index in [1.54, 1.807) is 12.1 Å². The van der Waals surface area contributed by atoms with Crippen LogP contribution in [0.1, 0.15) is 31.9 Å². The molecule has 0 aromatic heterocycles. The van der Waals surface area contributed by atoms with Gasteiger partial charge < -0.3 is 5.73 Å². The van der Waals surface area contributed by atoms with Crippen molar-refractivity contribution in [2.75, 3.05) is 0 Å². The lowest BCUT2D eigenvalue weighted by Crippen LogP contribution is -2.48. The zero-order chi connectivity index (χ0) is 11.7. The molecule has 0 heterocycles. The average Bonchev–Trinajstić information content (AvgIpc) is 2.16. The maximum absolute atomic E-state index is 13.8. The molecule has 0 unspecified atom stereocenters. The maximum atomic E-state index is 13.8. The Morgan fingerprint density at radius 1 is 1.13 bits per heavy atom. The second-order valence-electron chi connectivity index (χ2n) is 4.35. The van der Waals surface area contributed by atoms with E-state index in [1.807, 2.05) is 6.92 Å². The zero-order valence-electron chi connectivity index (χ0n) is 9.35. The van der Waals surface area contributed by atoms with Crippen LogP contribution in [0.4, 0.5) is 8.78 Å². The summed E-state index contributed by atoms with van der Waals surface area (Å²) in [5.41, 5.74) is 4.95. The summed E-state index contributed by atoms with van der Waals surface area (Å²) in [6.45, 7) is 4.65. The van der Waals surface area contributed by atoms with Crippen LogP contribution in [-0.4, -0.2) is 5.54 Å². The van der Waals surface area contributed by atoms with Crippen molar-refractivity contribution >= 4 is 0 Å². The van der Waals surface area contributed by atoms with Crippen LogP contribution in [0.15, 0.2) is 24.3 Å². The summed E-state index contributed by atoms with van der Waals surface area (Å²) in [6.07, 6.45) is 0.845. The van der Waals surface area contributed by atoms with Crippen LogP contribution >= 0.6 is 0 Å². The molecule has 15 heavy (non-hydrogen) atoms. The fourth-order valence-electron chi connectivity index (χ4n) is 1.32. The summed E-state index contributed by atoms with van der Waals surface area (Å²) in [5, 5.41) is 0. The second kappa shape index (κ2) is 3.89. The molecule has 84 valence electrons. The lowest BCUT2D eigenvalue weighted by Gasteiger charge is -2.30. The highest BCUT2D eigenvalue weighted by Gasteiger charge is 2.45. The number of benzene rings is 1.